The highest BCUT2D eigenvalue weighted by molar-refractivity contribution is 8.00. The standard InChI is InChI=1S/C25H21FN2O6S2/c1-3-34-17(29)12-27-24-21(36-25(27)32)18(13-4-10-16(33-2)11-5-13)19-20(35-24)23(31)28(22(19)30)15-8-6-14(26)7-9-15/h4-11,18-20H,3,12H2,1-2H3/t18-,19-,20+/m0/s1. The molecule has 2 amide bonds. The third-order valence-corrected chi connectivity index (χ3v) is 8.81. The predicted molar refractivity (Wildman–Crippen MR) is 132 cm³/mol. The molecule has 1 saturated heterocycles. The molecule has 2 aromatic carbocycles. The summed E-state index contributed by atoms with van der Waals surface area (Å²) in [5.74, 6) is -2.68. The van der Waals surface area contributed by atoms with E-state index in [1.807, 2.05) is 0 Å². The van der Waals surface area contributed by atoms with E-state index >= 15 is 0 Å². The number of nitrogens with zero attached hydrogens (tertiary/aromatic N) is 2. The Kier molecular flexibility index (Phi) is 6.44. The maximum absolute atomic E-state index is 13.7. The maximum atomic E-state index is 13.7. The number of rotatable bonds is 6. The van der Waals surface area contributed by atoms with Crippen molar-refractivity contribution in [3.05, 3.63) is 74.5 Å². The monoisotopic (exact) mass is 528 g/mol. The van der Waals surface area contributed by atoms with Crippen LogP contribution < -0.4 is 14.5 Å². The van der Waals surface area contributed by atoms with Crippen molar-refractivity contribution in [2.75, 3.05) is 18.6 Å². The molecular formula is C25H21FN2O6S2. The molecule has 0 radical (unpaired) electrons. The maximum Gasteiger partial charge on any atom is 0.326 e. The first-order valence-electron chi connectivity index (χ1n) is 11.2. The number of amides is 2. The van der Waals surface area contributed by atoms with Gasteiger partial charge in [-0.05, 0) is 48.9 Å². The van der Waals surface area contributed by atoms with E-state index in [1.54, 1.807) is 38.3 Å². The van der Waals surface area contributed by atoms with E-state index in [1.165, 1.54) is 28.8 Å². The Hall–Kier alpha value is -3.44. The Morgan fingerprint density at radius 2 is 1.72 bits per heavy atom. The van der Waals surface area contributed by atoms with Gasteiger partial charge in [-0.15, -0.1) is 0 Å². The number of methoxy groups -OCH3 is 1. The van der Waals surface area contributed by atoms with Crippen molar-refractivity contribution in [3.63, 3.8) is 0 Å². The summed E-state index contributed by atoms with van der Waals surface area (Å²) in [4.78, 5) is 53.8. The fourth-order valence-corrected chi connectivity index (χ4v) is 7.38. The number of carbonyl (C=O) groups is 3. The average Bonchev–Trinajstić information content (AvgIpc) is 3.31. The molecule has 1 aromatic heterocycles. The molecule has 11 heteroatoms. The average molecular weight is 529 g/mol. The lowest BCUT2D eigenvalue weighted by Gasteiger charge is -2.30. The molecule has 0 aliphatic carbocycles. The van der Waals surface area contributed by atoms with Crippen molar-refractivity contribution < 1.29 is 28.2 Å². The molecule has 3 atom stereocenters. The second kappa shape index (κ2) is 9.55. The van der Waals surface area contributed by atoms with E-state index in [0.717, 1.165) is 33.6 Å². The molecule has 0 N–H and O–H groups in total. The highest BCUT2D eigenvalue weighted by atomic mass is 32.2. The van der Waals surface area contributed by atoms with Gasteiger partial charge in [-0.25, -0.2) is 9.29 Å². The number of hydrogen-bond donors (Lipinski definition) is 0. The van der Waals surface area contributed by atoms with Gasteiger partial charge < -0.3 is 9.47 Å². The second-order valence-corrected chi connectivity index (χ2v) is 10.4. The molecule has 186 valence electrons. The molecule has 1 fully saturated rings. The van der Waals surface area contributed by atoms with Crippen LogP contribution in [0, 0.1) is 11.7 Å². The zero-order chi connectivity index (χ0) is 25.6. The van der Waals surface area contributed by atoms with Gasteiger partial charge in [0.2, 0.25) is 11.8 Å². The van der Waals surface area contributed by atoms with Gasteiger partial charge in [0, 0.05) is 10.8 Å². The molecule has 2 aliphatic rings. The minimum Gasteiger partial charge on any atom is -0.497 e. The van der Waals surface area contributed by atoms with Gasteiger partial charge in [0.25, 0.3) is 0 Å². The van der Waals surface area contributed by atoms with Crippen LogP contribution >= 0.6 is 23.1 Å². The lowest BCUT2D eigenvalue weighted by atomic mass is 9.83. The van der Waals surface area contributed by atoms with Crippen molar-refractivity contribution in [3.8, 4) is 5.75 Å². The van der Waals surface area contributed by atoms with E-state index in [4.69, 9.17) is 9.47 Å². The van der Waals surface area contributed by atoms with Gasteiger partial charge >= 0.3 is 10.8 Å². The Labute approximate surface area is 213 Å². The summed E-state index contributed by atoms with van der Waals surface area (Å²) in [5, 5.41) is -0.355. The Morgan fingerprint density at radius 3 is 2.36 bits per heavy atom. The van der Waals surface area contributed by atoms with Crippen LogP contribution in [0.4, 0.5) is 10.1 Å². The number of thioether (sulfide) groups is 1. The van der Waals surface area contributed by atoms with Crippen LogP contribution in [0.15, 0.2) is 58.4 Å². The predicted octanol–water partition coefficient (Wildman–Crippen LogP) is 3.42. The molecule has 0 unspecified atom stereocenters. The van der Waals surface area contributed by atoms with Crippen molar-refractivity contribution in [2.45, 2.75) is 29.7 Å². The number of aromatic nitrogens is 1. The summed E-state index contributed by atoms with van der Waals surface area (Å²) in [5.41, 5.74) is 1.01. The van der Waals surface area contributed by atoms with Crippen LogP contribution in [0.5, 0.6) is 5.75 Å². The lowest BCUT2D eigenvalue weighted by molar-refractivity contribution is -0.144. The first kappa shape index (κ1) is 24.3. The normalized spacial score (nSPS) is 20.8. The summed E-state index contributed by atoms with van der Waals surface area (Å²) < 4.78 is 25.1. The molecular weight excluding hydrogens is 507 g/mol. The van der Waals surface area contributed by atoms with Crippen molar-refractivity contribution in [2.24, 2.45) is 5.92 Å². The smallest absolute Gasteiger partial charge is 0.326 e. The summed E-state index contributed by atoms with van der Waals surface area (Å²) in [7, 11) is 1.54. The Morgan fingerprint density at radius 1 is 1.03 bits per heavy atom. The van der Waals surface area contributed by atoms with Gasteiger partial charge in [-0.3, -0.25) is 23.7 Å². The largest absolute Gasteiger partial charge is 0.497 e. The number of carbonyl (C=O) groups excluding carboxylic acids is 3. The van der Waals surface area contributed by atoms with E-state index in [2.05, 4.69) is 0 Å². The number of benzene rings is 2. The Balaban J connectivity index is 1.63. The molecule has 5 rings (SSSR count). The third-order valence-electron chi connectivity index (χ3n) is 6.20. The number of fused-ring (bicyclic) bond motifs is 2. The number of anilines is 1. The van der Waals surface area contributed by atoms with Gasteiger partial charge in [0.15, 0.2) is 0 Å². The molecule has 3 aromatic rings. The topological polar surface area (TPSA) is 94.9 Å². The van der Waals surface area contributed by atoms with E-state index in [-0.39, 0.29) is 23.7 Å². The van der Waals surface area contributed by atoms with Gasteiger partial charge in [-0.2, -0.15) is 0 Å². The number of esters is 1. The van der Waals surface area contributed by atoms with E-state index in [9.17, 15) is 23.6 Å². The van der Waals surface area contributed by atoms with Gasteiger partial charge in [0.1, 0.15) is 23.4 Å². The van der Waals surface area contributed by atoms with Crippen molar-refractivity contribution in [1.82, 2.24) is 4.57 Å². The summed E-state index contributed by atoms with van der Waals surface area (Å²) in [6.45, 7) is 1.56. The zero-order valence-corrected chi connectivity index (χ0v) is 20.9. The van der Waals surface area contributed by atoms with Crippen LogP contribution in [0.1, 0.15) is 23.3 Å². The lowest BCUT2D eigenvalue weighted by Crippen LogP contribution is -2.32. The summed E-state index contributed by atoms with van der Waals surface area (Å²) in [6.07, 6.45) is 0. The molecule has 0 bridgehead atoms. The molecule has 8 nitrogen and oxygen atoms in total. The number of imide groups is 1. The molecule has 3 heterocycles. The first-order valence-corrected chi connectivity index (χ1v) is 12.9. The first-order chi connectivity index (χ1) is 17.3. The van der Waals surface area contributed by atoms with E-state index in [0.29, 0.717) is 15.7 Å². The molecule has 0 spiro atoms. The zero-order valence-electron chi connectivity index (χ0n) is 19.3. The molecule has 2 aliphatic heterocycles. The van der Waals surface area contributed by atoms with Crippen LogP contribution in [0.3, 0.4) is 0 Å². The van der Waals surface area contributed by atoms with Crippen molar-refractivity contribution in [1.29, 1.82) is 0 Å². The van der Waals surface area contributed by atoms with Crippen molar-refractivity contribution >= 4 is 46.6 Å². The SMILES string of the molecule is CCOC(=O)Cn1c2c(sc1=O)[C@@H](c1ccc(OC)cc1)[C@@H]1C(=O)N(c3ccc(F)cc3)C(=O)[C@@H]1S2. The molecule has 0 saturated carbocycles. The quantitative estimate of drug-likeness (QED) is 0.357. The fourth-order valence-electron chi connectivity index (χ4n) is 4.61. The van der Waals surface area contributed by atoms with Gasteiger partial charge in [0.05, 0.1) is 30.3 Å². The van der Waals surface area contributed by atoms with Crippen LogP contribution in [-0.2, 0) is 25.7 Å². The number of thiazole rings is 1. The second-order valence-electron chi connectivity index (χ2n) is 8.23. The van der Waals surface area contributed by atoms with Crippen LogP contribution in [0.25, 0.3) is 0 Å². The number of ether oxygens (including phenoxy) is 2. The minimum atomic E-state index is -0.829. The van der Waals surface area contributed by atoms with Crippen LogP contribution in [-0.4, -0.2) is 41.3 Å². The molecule has 36 heavy (non-hydrogen) atoms. The van der Waals surface area contributed by atoms with Gasteiger partial charge in [-0.1, -0.05) is 35.2 Å². The fraction of sp³-hybridized carbons (Fsp3) is 0.280. The third kappa shape index (κ3) is 4.01. The highest BCUT2D eigenvalue weighted by Crippen LogP contribution is 2.54. The van der Waals surface area contributed by atoms with E-state index < -0.39 is 40.7 Å². The van der Waals surface area contributed by atoms with Crippen LogP contribution in [0.2, 0.25) is 0 Å². The minimum absolute atomic E-state index is 0.172. The summed E-state index contributed by atoms with van der Waals surface area (Å²) >= 11 is 2.07. The Bertz CT molecular complexity index is 1400. The number of hydrogen-bond acceptors (Lipinski definition) is 8. The number of halogens is 1. The highest BCUT2D eigenvalue weighted by Gasteiger charge is 2.56. The summed E-state index contributed by atoms with van der Waals surface area (Å²) in [6, 6.07) is 12.3.